The Balaban J connectivity index is 3.00. The standard InChI is InChI=1S/C21H33N3O4S/c1-6-7-13-22-18(25)17(15-11-9-8-10-12-15)24(5)19(26)16(14-29)23-20(27)28-21(2,3)4/h8-12,16-17,29H,6-7,13-14H2,1-5H3,(H,22,25)(H,23,27). The Labute approximate surface area is 179 Å². The number of likely N-dealkylation sites (N-methyl/N-ethyl adjacent to an activating group) is 1. The van der Waals surface area contributed by atoms with Gasteiger partial charge in [-0.1, -0.05) is 43.7 Å². The molecule has 0 aromatic heterocycles. The minimum absolute atomic E-state index is 0.0708. The number of hydrogen-bond acceptors (Lipinski definition) is 5. The topological polar surface area (TPSA) is 87.7 Å². The molecule has 0 bridgehead atoms. The van der Waals surface area contributed by atoms with E-state index in [0.717, 1.165) is 12.8 Å². The van der Waals surface area contributed by atoms with E-state index in [1.54, 1.807) is 40.0 Å². The lowest BCUT2D eigenvalue weighted by molar-refractivity contribution is -0.140. The fraction of sp³-hybridized carbons (Fsp3) is 0.571. The van der Waals surface area contributed by atoms with E-state index < -0.39 is 29.7 Å². The first kappa shape index (κ1) is 24.8. The fourth-order valence-corrected chi connectivity index (χ4v) is 2.93. The van der Waals surface area contributed by atoms with Crippen LogP contribution in [0, 0.1) is 0 Å². The summed E-state index contributed by atoms with van der Waals surface area (Å²) in [5.41, 5.74) is -0.00104. The second kappa shape index (κ2) is 11.7. The van der Waals surface area contributed by atoms with E-state index in [4.69, 9.17) is 4.74 Å². The van der Waals surface area contributed by atoms with Gasteiger partial charge in [0, 0.05) is 19.3 Å². The second-order valence-corrected chi connectivity index (χ2v) is 8.15. The summed E-state index contributed by atoms with van der Waals surface area (Å²) in [5, 5.41) is 5.42. The van der Waals surface area contributed by atoms with Crippen LogP contribution in [0.15, 0.2) is 30.3 Å². The number of ether oxygens (including phenoxy) is 1. The van der Waals surface area contributed by atoms with Crippen LogP contribution in [-0.4, -0.2) is 53.8 Å². The van der Waals surface area contributed by atoms with Crippen LogP contribution in [0.5, 0.6) is 0 Å². The summed E-state index contributed by atoms with van der Waals surface area (Å²) < 4.78 is 5.22. The van der Waals surface area contributed by atoms with E-state index in [2.05, 4.69) is 23.3 Å². The molecule has 1 aromatic carbocycles. The Hall–Kier alpha value is -2.22. The predicted octanol–water partition coefficient (Wildman–Crippen LogP) is 2.93. The number of rotatable bonds is 9. The average molecular weight is 424 g/mol. The molecule has 0 aliphatic heterocycles. The molecule has 2 atom stereocenters. The molecule has 0 aliphatic carbocycles. The maximum Gasteiger partial charge on any atom is 0.408 e. The van der Waals surface area contributed by atoms with Gasteiger partial charge in [0.15, 0.2) is 0 Å². The number of benzene rings is 1. The number of nitrogens with one attached hydrogen (secondary N) is 2. The van der Waals surface area contributed by atoms with Crippen LogP contribution in [0.1, 0.15) is 52.1 Å². The summed E-state index contributed by atoms with van der Waals surface area (Å²) >= 11 is 4.19. The SMILES string of the molecule is CCCCNC(=O)C(c1ccccc1)N(C)C(=O)C(CS)NC(=O)OC(C)(C)C. The molecular weight excluding hydrogens is 390 g/mol. The molecule has 3 amide bonds. The minimum atomic E-state index is -0.923. The molecular formula is C21H33N3O4S. The van der Waals surface area contributed by atoms with Gasteiger partial charge in [-0.2, -0.15) is 12.6 Å². The van der Waals surface area contributed by atoms with E-state index in [9.17, 15) is 14.4 Å². The molecule has 0 aliphatic rings. The van der Waals surface area contributed by atoms with Crippen LogP contribution in [-0.2, 0) is 14.3 Å². The van der Waals surface area contributed by atoms with E-state index in [0.29, 0.717) is 12.1 Å². The third-order valence-corrected chi connectivity index (χ3v) is 4.46. The lowest BCUT2D eigenvalue weighted by atomic mass is 10.0. The Kier molecular flexibility index (Phi) is 10.0. The number of unbranched alkanes of at least 4 members (excludes halogenated alkanes) is 1. The molecule has 162 valence electrons. The molecule has 0 fully saturated rings. The van der Waals surface area contributed by atoms with Gasteiger partial charge in [0.2, 0.25) is 11.8 Å². The van der Waals surface area contributed by atoms with Gasteiger partial charge in [0.1, 0.15) is 17.7 Å². The number of carbonyl (C=O) groups excluding carboxylic acids is 3. The third kappa shape index (κ3) is 8.35. The van der Waals surface area contributed by atoms with E-state index in [-0.39, 0.29) is 11.7 Å². The largest absolute Gasteiger partial charge is 0.444 e. The van der Waals surface area contributed by atoms with Crippen LogP contribution in [0.3, 0.4) is 0 Å². The number of hydrogen-bond donors (Lipinski definition) is 3. The number of carbonyl (C=O) groups is 3. The monoisotopic (exact) mass is 423 g/mol. The zero-order valence-corrected chi connectivity index (χ0v) is 18.8. The van der Waals surface area contributed by atoms with Gasteiger partial charge in [-0.15, -0.1) is 0 Å². The van der Waals surface area contributed by atoms with Crippen molar-refractivity contribution in [3.05, 3.63) is 35.9 Å². The van der Waals surface area contributed by atoms with Crippen molar-refractivity contribution in [1.82, 2.24) is 15.5 Å². The van der Waals surface area contributed by atoms with Gasteiger partial charge in [-0.25, -0.2) is 4.79 Å². The van der Waals surface area contributed by atoms with Crippen LogP contribution in [0.4, 0.5) is 4.79 Å². The molecule has 0 saturated carbocycles. The van der Waals surface area contributed by atoms with Gasteiger partial charge in [-0.05, 0) is 32.8 Å². The summed E-state index contributed by atoms with van der Waals surface area (Å²) in [6.45, 7) is 7.79. The minimum Gasteiger partial charge on any atom is -0.444 e. The zero-order chi connectivity index (χ0) is 22.0. The summed E-state index contributed by atoms with van der Waals surface area (Å²) in [7, 11) is 1.55. The maximum absolute atomic E-state index is 13.1. The molecule has 0 saturated heterocycles. The third-order valence-electron chi connectivity index (χ3n) is 4.10. The number of alkyl carbamates (subject to hydrolysis) is 1. The van der Waals surface area contributed by atoms with Gasteiger partial charge in [0.05, 0.1) is 0 Å². The van der Waals surface area contributed by atoms with Gasteiger partial charge < -0.3 is 20.3 Å². The number of nitrogens with zero attached hydrogens (tertiary/aromatic N) is 1. The summed E-state index contributed by atoms with van der Waals surface area (Å²) in [6, 6.07) is 7.33. The van der Waals surface area contributed by atoms with Crippen LogP contribution in [0.2, 0.25) is 0 Å². The molecule has 0 spiro atoms. The highest BCUT2D eigenvalue weighted by molar-refractivity contribution is 7.80. The first-order valence-corrected chi connectivity index (χ1v) is 10.4. The highest BCUT2D eigenvalue weighted by Crippen LogP contribution is 2.21. The van der Waals surface area contributed by atoms with Crippen LogP contribution < -0.4 is 10.6 Å². The van der Waals surface area contributed by atoms with Crippen molar-refractivity contribution in [2.24, 2.45) is 0 Å². The van der Waals surface area contributed by atoms with E-state index in [1.807, 2.05) is 25.1 Å². The smallest absolute Gasteiger partial charge is 0.408 e. The highest BCUT2D eigenvalue weighted by atomic mass is 32.1. The summed E-state index contributed by atoms with van der Waals surface area (Å²) in [4.78, 5) is 39.3. The molecule has 29 heavy (non-hydrogen) atoms. The molecule has 2 unspecified atom stereocenters. The van der Waals surface area contributed by atoms with Gasteiger partial charge >= 0.3 is 6.09 Å². The summed E-state index contributed by atoms with van der Waals surface area (Å²) in [6.07, 6.45) is 1.10. The second-order valence-electron chi connectivity index (χ2n) is 7.79. The first-order valence-electron chi connectivity index (χ1n) is 9.80. The van der Waals surface area contributed by atoms with Crippen LogP contribution in [0.25, 0.3) is 0 Å². The molecule has 1 aromatic rings. The van der Waals surface area contributed by atoms with Crippen molar-refractivity contribution in [3.63, 3.8) is 0 Å². The zero-order valence-electron chi connectivity index (χ0n) is 17.9. The van der Waals surface area contributed by atoms with Gasteiger partial charge in [-0.3, -0.25) is 9.59 Å². The van der Waals surface area contributed by atoms with Gasteiger partial charge in [0.25, 0.3) is 0 Å². The maximum atomic E-state index is 13.1. The number of amides is 3. The number of thiol groups is 1. The first-order chi connectivity index (χ1) is 13.6. The molecule has 0 radical (unpaired) electrons. The highest BCUT2D eigenvalue weighted by Gasteiger charge is 2.33. The molecule has 8 heteroatoms. The van der Waals surface area contributed by atoms with Crippen molar-refractivity contribution in [2.45, 2.75) is 58.2 Å². The lowest BCUT2D eigenvalue weighted by Crippen LogP contribution is -2.52. The van der Waals surface area contributed by atoms with E-state index in [1.165, 1.54) is 4.90 Å². The van der Waals surface area contributed by atoms with E-state index >= 15 is 0 Å². The Morgan fingerprint density at radius 3 is 2.31 bits per heavy atom. The van der Waals surface area contributed by atoms with Crippen LogP contribution >= 0.6 is 12.6 Å². The lowest BCUT2D eigenvalue weighted by Gasteiger charge is -2.31. The van der Waals surface area contributed by atoms with Crippen molar-refractivity contribution < 1.29 is 19.1 Å². The molecule has 1 rings (SSSR count). The summed E-state index contributed by atoms with van der Waals surface area (Å²) in [5.74, 6) is -0.623. The van der Waals surface area contributed by atoms with Crippen molar-refractivity contribution in [1.29, 1.82) is 0 Å². The quantitative estimate of drug-likeness (QED) is 0.421. The van der Waals surface area contributed by atoms with Crippen molar-refractivity contribution >= 4 is 30.5 Å². The van der Waals surface area contributed by atoms with Crippen molar-refractivity contribution in [3.8, 4) is 0 Å². The molecule has 2 N–H and O–H groups in total. The Morgan fingerprint density at radius 1 is 1.17 bits per heavy atom. The molecule has 0 heterocycles. The molecule has 7 nitrogen and oxygen atoms in total. The Bertz CT molecular complexity index is 676. The Morgan fingerprint density at radius 2 is 1.79 bits per heavy atom. The normalized spacial score (nSPS) is 13.2. The average Bonchev–Trinajstić information content (AvgIpc) is 2.65. The van der Waals surface area contributed by atoms with Crippen molar-refractivity contribution in [2.75, 3.05) is 19.3 Å². The fourth-order valence-electron chi connectivity index (χ4n) is 2.68. The predicted molar refractivity (Wildman–Crippen MR) is 117 cm³/mol.